The van der Waals surface area contributed by atoms with Gasteiger partial charge >= 0.3 is 0 Å². The molecule has 0 fully saturated rings. The Balaban J connectivity index is 2.12. The van der Waals surface area contributed by atoms with Crippen LogP contribution in [-0.2, 0) is 4.79 Å². The van der Waals surface area contributed by atoms with Gasteiger partial charge in [0.1, 0.15) is 0 Å². The third-order valence-corrected chi connectivity index (χ3v) is 4.93. The second-order valence-electron chi connectivity index (χ2n) is 6.91. The van der Waals surface area contributed by atoms with Crippen LogP contribution in [0.5, 0.6) is 0 Å². The first-order valence-corrected chi connectivity index (χ1v) is 9.86. The van der Waals surface area contributed by atoms with Crippen molar-refractivity contribution in [2.24, 2.45) is 0 Å². The SMILES string of the molecule is Cc1cc(C)cc(-n2c(SCC(=O)NC(C)C)nc3ccccc3c2=O)c1. The van der Waals surface area contributed by atoms with E-state index in [-0.39, 0.29) is 23.3 Å². The summed E-state index contributed by atoms with van der Waals surface area (Å²) in [5.41, 5.74) is 3.41. The van der Waals surface area contributed by atoms with E-state index in [4.69, 9.17) is 0 Å². The van der Waals surface area contributed by atoms with Crippen molar-refractivity contribution in [3.63, 3.8) is 0 Å². The van der Waals surface area contributed by atoms with Crippen LogP contribution in [0.2, 0.25) is 0 Å². The van der Waals surface area contributed by atoms with Crippen molar-refractivity contribution < 1.29 is 4.79 Å². The lowest BCUT2D eigenvalue weighted by Gasteiger charge is -2.15. The number of carbonyl (C=O) groups excluding carboxylic acids is 1. The Hall–Kier alpha value is -2.60. The van der Waals surface area contributed by atoms with E-state index in [0.29, 0.717) is 16.1 Å². The number of nitrogens with zero attached hydrogens (tertiary/aromatic N) is 2. The Kier molecular flexibility index (Phi) is 5.65. The number of hydrogen-bond donors (Lipinski definition) is 1. The monoisotopic (exact) mass is 381 g/mol. The summed E-state index contributed by atoms with van der Waals surface area (Å²) in [7, 11) is 0. The predicted molar refractivity (Wildman–Crippen MR) is 111 cm³/mol. The van der Waals surface area contributed by atoms with Crippen LogP contribution in [-0.4, -0.2) is 27.3 Å². The summed E-state index contributed by atoms with van der Waals surface area (Å²) in [4.78, 5) is 30.0. The van der Waals surface area contributed by atoms with E-state index in [9.17, 15) is 9.59 Å². The van der Waals surface area contributed by atoms with Crippen molar-refractivity contribution in [2.75, 3.05) is 5.75 Å². The Morgan fingerprint density at radius 2 is 1.81 bits per heavy atom. The maximum Gasteiger partial charge on any atom is 0.266 e. The lowest BCUT2D eigenvalue weighted by Crippen LogP contribution is -2.32. The number of thioether (sulfide) groups is 1. The fraction of sp³-hybridized carbons (Fsp3) is 0.286. The van der Waals surface area contributed by atoms with Gasteiger partial charge < -0.3 is 5.32 Å². The Morgan fingerprint density at radius 3 is 2.48 bits per heavy atom. The van der Waals surface area contributed by atoms with E-state index in [1.54, 1.807) is 10.6 Å². The Bertz CT molecular complexity index is 1040. The number of aryl methyl sites for hydroxylation is 2. The molecule has 2 aromatic carbocycles. The minimum absolute atomic E-state index is 0.0734. The number of amides is 1. The van der Waals surface area contributed by atoms with Gasteiger partial charge in [0, 0.05) is 6.04 Å². The molecule has 6 heteroatoms. The standard InChI is InChI=1S/C21H23N3O2S/c1-13(2)22-19(25)12-27-21-23-18-8-6-5-7-17(18)20(26)24(21)16-10-14(3)9-15(4)11-16/h5-11,13H,12H2,1-4H3,(H,22,25). The summed E-state index contributed by atoms with van der Waals surface area (Å²) in [6.07, 6.45) is 0. The third-order valence-electron chi connectivity index (χ3n) is 3.99. The van der Waals surface area contributed by atoms with E-state index in [1.807, 2.05) is 58.0 Å². The van der Waals surface area contributed by atoms with Crippen LogP contribution in [0.15, 0.2) is 52.4 Å². The average Bonchev–Trinajstić information content (AvgIpc) is 2.58. The molecule has 140 valence electrons. The van der Waals surface area contributed by atoms with E-state index < -0.39 is 0 Å². The Labute approximate surface area is 162 Å². The van der Waals surface area contributed by atoms with Gasteiger partial charge in [-0.3, -0.25) is 14.2 Å². The molecule has 1 aromatic heterocycles. The van der Waals surface area contributed by atoms with E-state index in [1.165, 1.54) is 11.8 Å². The molecule has 1 amide bonds. The highest BCUT2D eigenvalue weighted by Gasteiger charge is 2.15. The zero-order valence-corrected chi connectivity index (χ0v) is 16.8. The highest BCUT2D eigenvalue weighted by molar-refractivity contribution is 7.99. The van der Waals surface area contributed by atoms with Gasteiger partial charge in [0.15, 0.2) is 5.16 Å². The molecule has 0 atom stereocenters. The first-order chi connectivity index (χ1) is 12.8. The summed E-state index contributed by atoms with van der Waals surface area (Å²) in [6.45, 7) is 7.84. The largest absolute Gasteiger partial charge is 0.353 e. The third kappa shape index (κ3) is 4.39. The number of hydrogen-bond acceptors (Lipinski definition) is 4. The minimum Gasteiger partial charge on any atom is -0.353 e. The molecule has 1 heterocycles. The normalized spacial score (nSPS) is 11.1. The molecule has 5 nitrogen and oxygen atoms in total. The predicted octanol–water partition coefficient (Wildman–Crippen LogP) is 3.62. The highest BCUT2D eigenvalue weighted by atomic mass is 32.2. The van der Waals surface area contributed by atoms with E-state index >= 15 is 0 Å². The molecule has 0 saturated carbocycles. The molecule has 0 aliphatic carbocycles. The molecule has 0 saturated heterocycles. The van der Waals surface area contributed by atoms with Crippen LogP contribution in [0.3, 0.4) is 0 Å². The van der Waals surface area contributed by atoms with E-state index in [2.05, 4.69) is 16.4 Å². The van der Waals surface area contributed by atoms with Crippen molar-refractivity contribution in [1.29, 1.82) is 0 Å². The van der Waals surface area contributed by atoms with Crippen LogP contribution in [0.25, 0.3) is 16.6 Å². The lowest BCUT2D eigenvalue weighted by atomic mass is 10.1. The molecule has 1 N–H and O–H groups in total. The van der Waals surface area contributed by atoms with Crippen LogP contribution >= 0.6 is 11.8 Å². The number of fused-ring (bicyclic) bond motifs is 1. The second-order valence-corrected chi connectivity index (χ2v) is 7.85. The summed E-state index contributed by atoms with van der Waals surface area (Å²) in [5.74, 6) is 0.123. The van der Waals surface area contributed by atoms with Gasteiger partial charge in [-0.15, -0.1) is 0 Å². The lowest BCUT2D eigenvalue weighted by molar-refractivity contribution is -0.119. The van der Waals surface area contributed by atoms with Crippen LogP contribution in [0.4, 0.5) is 0 Å². The fourth-order valence-corrected chi connectivity index (χ4v) is 3.83. The topological polar surface area (TPSA) is 64.0 Å². The smallest absolute Gasteiger partial charge is 0.266 e. The zero-order chi connectivity index (χ0) is 19.6. The molecular weight excluding hydrogens is 358 g/mol. The summed E-state index contributed by atoms with van der Waals surface area (Å²) in [6, 6.07) is 13.3. The van der Waals surface area contributed by atoms with Crippen molar-refractivity contribution in [1.82, 2.24) is 14.9 Å². The van der Waals surface area contributed by atoms with Gasteiger partial charge in [0.25, 0.3) is 5.56 Å². The summed E-state index contributed by atoms with van der Waals surface area (Å²) in [5, 5.41) is 3.95. The zero-order valence-electron chi connectivity index (χ0n) is 15.9. The number of nitrogens with one attached hydrogen (secondary N) is 1. The van der Waals surface area contributed by atoms with Crippen molar-refractivity contribution in [3.8, 4) is 5.69 Å². The van der Waals surface area contributed by atoms with Gasteiger partial charge in [-0.05, 0) is 63.1 Å². The maximum atomic E-state index is 13.2. The molecule has 0 aliphatic heterocycles. The van der Waals surface area contributed by atoms with Gasteiger partial charge in [-0.25, -0.2) is 4.98 Å². The number of rotatable bonds is 5. The van der Waals surface area contributed by atoms with Gasteiger partial charge in [0.2, 0.25) is 5.91 Å². The molecule has 0 unspecified atom stereocenters. The molecule has 0 radical (unpaired) electrons. The molecular formula is C21H23N3O2S. The number of carbonyl (C=O) groups is 1. The first-order valence-electron chi connectivity index (χ1n) is 8.88. The first kappa shape index (κ1) is 19.2. The summed E-state index contributed by atoms with van der Waals surface area (Å²) >= 11 is 1.27. The number of para-hydroxylation sites is 1. The highest BCUT2D eigenvalue weighted by Crippen LogP contribution is 2.22. The average molecular weight is 382 g/mol. The molecule has 0 aliphatic rings. The second kappa shape index (κ2) is 7.96. The van der Waals surface area contributed by atoms with Crippen LogP contribution in [0, 0.1) is 13.8 Å². The molecule has 27 heavy (non-hydrogen) atoms. The van der Waals surface area contributed by atoms with Gasteiger partial charge in [-0.1, -0.05) is 30.0 Å². The van der Waals surface area contributed by atoms with Crippen molar-refractivity contribution in [2.45, 2.75) is 38.9 Å². The molecule has 0 spiro atoms. The number of benzene rings is 2. The van der Waals surface area contributed by atoms with Crippen molar-refractivity contribution >= 4 is 28.6 Å². The van der Waals surface area contributed by atoms with Crippen molar-refractivity contribution in [3.05, 3.63) is 63.9 Å². The molecule has 3 aromatic rings. The molecule has 0 bridgehead atoms. The van der Waals surface area contributed by atoms with Crippen LogP contribution < -0.4 is 10.9 Å². The minimum atomic E-state index is -0.127. The van der Waals surface area contributed by atoms with E-state index in [0.717, 1.165) is 16.8 Å². The summed E-state index contributed by atoms with van der Waals surface area (Å²) < 4.78 is 1.61. The van der Waals surface area contributed by atoms with Gasteiger partial charge in [-0.2, -0.15) is 0 Å². The quantitative estimate of drug-likeness (QED) is 0.542. The van der Waals surface area contributed by atoms with Gasteiger partial charge in [0.05, 0.1) is 22.3 Å². The van der Waals surface area contributed by atoms with Crippen LogP contribution in [0.1, 0.15) is 25.0 Å². The Morgan fingerprint density at radius 1 is 1.15 bits per heavy atom. The fourth-order valence-electron chi connectivity index (χ4n) is 3.01. The molecule has 3 rings (SSSR count). The number of aromatic nitrogens is 2. The maximum absolute atomic E-state index is 13.2.